The first-order chi connectivity index (χ1) is 4.57. The molecule has 0 aromatic carbocycles. The highest BCUT2D eigenvalue weighted by molar-refractivity contribution is 5.84. The SMILES string of the molecule is CCC(=CC(F)F)C(=O)[O-]. The standard InChI is InChI=1S/C6H8F2O2/c1-2-4(6(9)10)3-5(7)8/h3,5H,2H2,1H3,(H,9,10)/p-1. The van der Waals surface area contributed by atoms with Crippen LogP contribution in [0.1, 0.15) is 13.3 Å². The molecule has 0 saturated heterocycles. The molecule has 0 rings (SSSR count). The van der Waals surface area contributed by atoms with Crippen molar-refractivity contribution in [3.8, 4) is 0 Å². The van der Waals surface area contributed by atoms with Gasteiger partial charge in [0, 0.05) is 0 Å². The molecule has 0 aliphatic carbocycles. The predicted octanol–water partition coefficient (Wildman–Crippen LogP) is 0.338. The van der Waals surface area contributed by atoms with Gasteiger partial charge in [0.2, 0.25) is 0 Å². The fraction of sp³-hybridized carbons (Fsp3) is 0.500. The smallest absolute Gasteiger partial charge is 0.257 e. The summed E-state index contributed by atoms with van der Waals surface area (Å²) >= 11 is 0. The average molecular weight is 149 g/mol. The number of carboxylic acid groups (broad SMARTS) is 1. The molecule has 0 heterocycles. The maximum absolute atomic E-state index is 11.5. The third-order valence-corrected chi connectivity index (χ3v) is 0.970. The van der Waals surface area contributed by atoms with Crippen molar-refractivity contribution >= 4 is 5.97 Å². The number of aliphatic carboxylic acids is 1. The molecule has 0 N–H and O–H groups in total. The van der Waals surface area contributed by atoms with Crippen molar-refractivity contribution in [2.75, 3.05) is 0 Å². The number of hydrogen-bond donors (Lipinski definition) is 0. The molecule has 0 spiro atoms. The first-order valence-electron chi connectivity index (χ1n) is 2.78. The van der Waals surface area contributed by atoms with Crippen LogP contribution in [0.4, 0.5) is 8.78 Å². The van der Waals surface area contributed by atoms with Crippen molar-refractivity contribution < 1.29 is 18.7 Å². The van der Waals surface area contributed by atoms with Crippen molar-refractivity contribution in [2.24, 2.45) is 0 Å². The van der Waals surface area contributed by atoms with E-state index in [0.29, 0.717) is 6.08 Å². The summed E-state index contributed by atoms with van der Waals surface area (Å²) in [6.07, 6.45) is -2.27. The number of carbonyl (C=O) groups is 1. The summed E-state index contributed by atoms with van der Waals surface area (Å²) in [5.41, 5.74) is -0.352. The van der Waals surface area contributed by atoms with E-state index >= 15 is 0 Å². The second-order valence-electron chi connectivity index (χ2n) is 1.67. The summed E-state index contributed by atoms with van der Waals surface area (Å²) < 4.78 is 22.9. The van der Waals surface area contributed by atoms with Crippen molar-refractivity contribution in [1.82, 2.24) is 0 Å². The average Bonchev–Trinajstić information content (AvgIpc) is 1.81. The number of carboxylic acids is 1. The third kappa shape index (κ3) is 3.17. The maximum atomic E-state index is 11.5. The molecule has 0 aliphatic heterocycles. The molecule has 0 aromatic rings. The molecule has 10 heavy (non-hydrogen) atoms. The Morgan fingerprint density at radius 3 is 2.30 bits per heavy atom. The van der Waals surface area contributed by atoms with Gasteiger partial charge in [-0.05, 0) is 18.1 Å². The molecular formula is C6H7F2O2-. The van der Waals surface area contributed by atoms with Crippen LogP contribution in [0.25, 0.3) is 0 Å². The van der Waals surface area contributed by atoms with Gasteiger partial charge in [0.25, 0.3) is 6.43 Å². The Balaban J connectivity index is 4.19. The number of carbonyl (C=O) groups excluding carboxylic acids is 1. The fourth-order valence-electron chi connectivity index (χ4n) is 0.482. The van der Waals surface area contributed by atoms with Crippen LogP contribution in [0.15, 0.2) is 11.6 Å². The lowest BCUT2D eigenvalue weighted by atomic mass is 10.2. The molecule has 0 aliphatic rings. The molecule has 58 valence electrons. The molecule has 0 bridgehead atoms. The number of alkyl halides is 2. The van der Waals surface area contributed by atoms with Gasteiger partial charge in [-0.25, -0.2) is 8.78 Å². The van der Waals surface area contributed by atoms with Gasteiger partial charge in [-0.15, -0.1) is 0 Å². The zero-order valence-electron chi connectivity index (χ0n) is 5.43. The Kier molecular flexibility index (Phi) is 3.61. The molecule has 2 nitrogen and oxygen atoms in total. The number of rotatable bonds is 3. The lowest BCUT2D eigenvalue weighted by Crippen LogP contribution is -2.24. The quantitative estimate of drug-likeness (QED) is 0.543. The summed E-state index contributed by atoms with van der Waals surface area (Å²) in [5.74, 6) is -1.53. The van der Waals surface area contributed by atoms with Crippen molar-refractivity contribution in [2.45, 2.75) is 19.8 Å². The van der Waals surface area contributed by atoms with E-state index < -0.39 is 12.4 Å². The van der Waals surface area contributed by atoms with Gasteiger partial charge in [0.05, 0.1) is 5.97 Å². The second-order valence-corrected chi connectivity index (χ2v) is 1.67. The van der Waals surface area contributed by atoms with Gasteiger partial charge < -0.3 is 9.90 Å². The highest BCUT2D eigenvalue weighted by Gasteiger charge is 2.00. The van der Waals surface area contributed by atoms with E-state index in [1.165, 1.54) is 6.92 Å². The zero-order valence-corrected chi connectivity index (χ0v) is 5.43. The molecule has 4 heteroatoms. The van der Waals surface area contributed by atoms with E-state index in [4.69, 9.17) is 0 Å². The summed E-state index contributed by atoms with van der Waals surface area (Å²) in [6, 6.07) is 0. The van der Waals surface area contributed by atoms with E-state index in [2.05, 4.69) is 0 Å². The normalized spacial score (nSPS) is 12.2. The van der Waals surface area contributed by atoms with Crippen LogP contribution in [0, 0.1) is 0 Å². The summed E-state index contributed by atoms with van der Waals surface area (Å²) in [6.45, 7) is 1.48. The Hall–Kier alpha value is -0.930. The van der Waals surface area contributed by atoms with Crippen molar-refractivity contribution in [1.29, 1.82) is 0 Å². The Labute approximate surface area is 57.2 Å². The van der Waals surface area contributed by atoms with Gasteiger partial charge in [0.15, 0.2) is 0 Å². The first kappa shape index (κ1) is 9.07. The fourth-order valence-corrected chi connectivity index (χ4v) is 0.482. The van der Waals surface area contributed by atoms with Gasteiger partial charge in [-0.1, -0.05) is 6.92 Å². The van der Waals surface area contributed by atoms with E-state index in [1.807, 2.05) is 0 Å². The van der Waals surface area contributed by atoms with Crippen molar-refractivity contribution in [3.63, 3.8) is 0 Å². The molecular weight excluding hydrogens is 142 g/mol. The Bertz CT molecular complexity index is 152. The molecule has 0 fully saturated rings. The van der Waals surface area contributed by atoms with Gasteiger partial charge >= 0.3 is 0 Å². The second kappa shape index (κ2) is 3.98. The van der Waals surface area contributed by atoms with Crippen LogP contribution in [0.3, 0.4) is 0 Å². The van der Waals surface area contributed by atoms with E-state index in [0.717, 1.165) is 0 Å². The largest absolute Gasteiger partial charge is 0.545 e. The summed E-state index contributed by atoms with van der Waals surface area (Å²) in [7, 11) is 0. The van der Waals surface area contributed by atoms with Crippen LogP contribution in [0.2, 0.25) is 0 Å². The Morgan fingerprint density at radius 1 is 1.70 bits per heavy atom. The topological polar surface area (TPSA) is 40.1 Å². The van der Waals surface area contributed by atoms with Crippen LogP contribution in [-0.2, 0) is 4.79 Å². The van der Waals surface area contributed by atoms with E-state index in [1.54, 1.807) is 0 Å². The predicted molar refractivity (Wildman–Crippen MR) is 29.4 cm³/mol. The monoisotopic (exact) mass is 149 g/mol. The maximum Gasteiger partial charge on any atom is 0.257 e. The number of hydrogen-bond acceptors (Lipinski definition) is 2. The summed E-state index contributed by atoms with van der Waals surface area (Å²) in [4.78, 5) is 9.95. The van der Waals surface area contributed by atoms with Gasteiger partial charge in [-0.3, -0.25) is 0 Å². The number of halogens is 2. The lowest BCUT2D eigenvalue weighted by Gasteiger charge is -2.03. The van der Waals surface area contributed by atoms with Crippen molar-refractivity contribution in [3.05, 3.63) is 11.6 Å². The highest BCUT2D eigenvalue weighted by Crippen LogP contribution is 2.04. The summed E-state index contributed by atoms with van der Waals surface area (Å²) in [5, 5.41) is 9.95. The van der Waals surface area contributed by atoms with Crippen LogP contribution < -0.4 is 5.11 Å². The number of allylic oxidation sites excluding steroid dienone is 1. The van der Waals surface area contributed by atoms with E-state index in [9.17, 15) is 18.7 Å². The van der Waals surface area contributed by atoms with Crippen LogP contribution >= 0.6 is 0 Å². The first-order valence-corrected chi connectivity index (χ1v) is 2.78. The minimum absolute atomic E-state index is 0.0622. The van der Waals surface area contributed by atoms with Gasteiger partial charge in [-0.2, -0.15) is 0 Å². The minimum atomic E-state index is -2.71. The molecule has 0 saturated carbocycles. The zero-order chi connectivity index (χ0) is 8.15. The molecule has 0 amide bonds. The highest BCUT2D eigenvalue weighted by atomic mass is 19.3. The molecule has 0 radical (unpaired) electrons. The third-order valence-electron chi connectivity index (χ3n) is 0.970. The lowest BCUT2D eigenvalue weighted by molar-refractivity contribution is -0.299. The van der Waals surface area contributed by atoms with Crippen LogP contribution in [0.5, 0.6) is 0 Å². The molecule has 0 atom stereocenters. The van der Waals surface area contributed by atoms with Crippen LogP contribution in [-0.4, -0.2) is 12.4 Å². The Morgan fingerprint density at radius 2 is 2.20 bits per heavy atom. The van der Waals surface area contributed by atoms with Gasteiger partial charge in [0.1, 0.15) is 0 Å². The molecule has 0 unspecified atom stereocenters. The van der Waals surface area contributed by atoms with E-state index in [-0.39, 0.29) is 12.0 Å². The molecule has 0 aromatic heterocycles. The minimum Gasteiger partial charge on any atom is -0.545 e.